The average Bonchev–Trinajstić information content (AvgIpc) is 2.36. The molecule has 0 aliphatic carbocycles. The molecule has 0 spiro atoms. The molecule has 0 heterocycles. The molecule has 0 unspecified atom stereocenters. The molecule has 0 radical (unpaired) electrons. The van der Waals surface area contributed by atoms with Gasteiger partial charge in [-0.3, -0.25) is 9.59 Å². The average molecular weight is 296 g/mol. The molecular formula is C15H20O4S. The topological polar surface area (TPSA) is 74.6 Å². The van der Waals surface area contributed by atoms with E-state index < -0.39 is 16.7 Å². The van der Waals surface area contributed by atoms with Crippen molar-refractivity contribution < 1.29 is 19.8 Å². The molecule has 0 aliphatic heterocycles. The van der Waals surface area contributed by atoms with Crippen molar-refractivity contribution in [2.75, 3.05) is 0 Å². The number of aliphatic carboxylic acids is 2. The highest BCUT2D eigenvalue weighted by atomic mass is 32.2. The van der Waals surface area contributed by atoms with E-state index in [1.165, 1.54) is 0 Å². The Hall–Kier alpha value is -1.49. The van der Waals surface area contributed by atoms with Gasteiger partial charge in [-0.25, -0.2) is 0 Å². The summed E-state index contributed by atoms with van der Waals surface area (Å²) in [5, 5.41) is 18.7. The van der Waals surface area contributed by atoms with E-state index in [4.69, 9.17) is 0 Å². The van der Waals surface area contributed by atoms with E-state index in [2.05, 4.69) is 13.8 Å². The first-order valence-electron chi connectivity index (χ1n) is 6.57. The normalized spacial score (nSPS) is 11.6. The van der Waals surface area contributed by atoms with Crippen LogP contribution in [-0.2, 0) is 16.0 Å². The van der Waals surface area contributed by atoms with E-state index >= 15 is 0 Å². The van der Waals surface area contributed by atoms with E-state index in [9.17, 15) is 19.8 Å². The summed E-state index contributed by atoms with van der Waals surface area (Å²) in [6, 6.07) is 7.40. The van der Waals surface area contributed by atoms with Crippen LogP contribution < -0.4 is 0 Å². The Bertz CT molecular complexity index is 482. The summed E-state index contributed by atoms with van der Waals surface area (Å²) in [5.41, 5.74) is 0.993. The van der Waals surface area contributed by atoms with E-state index in [1.54, 1.807) is 19.1 Å². The molecule has 0 aromatic heterocycles. The van der Waals surface area contributed by atoms with Crippen molar-refractivity contribution in [3.8, 4) is 0 Å². The van der Waals surface area contributed by atoms with Gasteiger partial charge in [0.15, 0.2) is 0 Å². The quantitative estimate of drug-likeness (QED) is 0.596. The molecule has 0 saturated carbocycles. The summed E-state index contributed by atoms with van der Waals surface area (Å²) in [4.78, 5) is 23.6. The number of benzene rings is 1. The van der Waals surface area contributed by atoms with Crippen LogP contribution in [-0.4, -0.2) is 26.9 Å². The Morgan fingerprint density at radius 3 is 2.20 bits per heavy atom. The largest absolute Gasteiger partial charge is 0.480 e. The zero-order valence-corrected chi connectivity index (χ0v) is 12.7. The lowest BCUT2D eigenvalue weighted by Gasteiger charge is -2.24. The zero-order valence-electron chi connectivity index (χ0n) is 11.9. The Kier molecular flexibility index (Phi) is 5.62. The summed E-state index contributed by atoms with van der Waals surface area (Å²) in [6.07, 6.45) is 0.820. The predicted octanol–water partition coefficient (Wildman–Crippen LogP) is 3.30. The summed E-state index contributed by atoms with van der Waals surface area (Å²) in [5.74, 6) is -2.20. The molecule has 0 atom stereocenters. The molecule has 0 fully saturated rings. The van der Waals surface area contributed by atoms with Crippen LogP contribution in [0, 0.1) is 5.92 Å². The number of carboxylic acids is 2. The standard InChI is InChI=1S/C15H20O4S/c1-4-15(13(16)17,14(18)19)20-12-8-6-5-7-11(12)9-10(2)3/h5-8,10H,4,9H2,1-3H3,(H,16,17)(H,18,19). The fourth-order valence-corrected chi connectivity index (χ4v) is 3.08. The lowest BCUT2D eigenvalue weighted by atomic mass is 10.0. The first kappa shape index (κ1) is 16.6. The minimum absolute atomic E-state index is 0.0261. The summed E-state index contributed by atoms with van der Waals surface area (Å²) in [6.45, 7) is 5.73. The fraction of sp³-hybridized carbons (Fsp3) is 0.467. The minimum Gasteiger partial charge on any atom is -0.480 e. The van der Waals surface area contributed by atoms with E-state index in [0.29, 0.717) is 5.92 Å². The van der Waals surface area contributed by atoms with Crippen molar-refractivity contribution in [2.45, 2.75) is 43.3 Å². The molecule has 1 aromatic rings. The monoisotopic (exact) mass is 296 g/mol. The second-order valence-corrected chi connectivity index (χ2v) is 6.44. The minimum atomic E-state index is -1.83. The van der Waals surface area contributed by atoms with Gasteiger partial charge in [-0.1, -0.05) is 50.7 Å². The van der Waals surface area contributed by atoms with Crippen LogP contribution in [0.25, 0.3) is 0 Å². The predicted molar refractivity (Wildman–Crippen MR) is 79.1 cm³/mol. The van der Waals surface area contributed by atoms with E-state index in [1.807, 2.05) is 12.1 Å². The van der Waals surface area contributed by atoms with Gasteiger partial charge in [0.1, 0.15) is 0 Å². The molecule has 0 amide bonds. The van der Waals surface area contributed by atoms with Gasteiger partial charge in [0.2, 0.25) is 4.75 Å². The van der Waals surface area contributed by atoms with Crippen LogP contribution in [0.4, 0.5) is 0 Å². The Morgan fingerprint density at radius 2 is 1.75 bits per heavy atom. The number of hydrogen-bond donors (Lipinski definition) is 2. The molecule has 110 valence electrons. The highest BCUT2D eigenvalue weighted by Gasteiger charge is 2.46. The van der Waals surface area contributed by atoms with Crippen LogP contribution >= 0.6 is 11.8 Å². The lowest BCUT2D eigenvalue weighted by molar-refractivity contribution is -0.151. The number of hydrogen-bond acceptors (Lipinski definition) is 3. The highest BCUT2D eigenvalue weighted by molar-refractivity contribution is 8.02. The SMILES string of the molecule is CCC(Sc1ccccc1CC(C)C)(C(=O)O)C(=O)O. The van der Waals surface area contributed by atoms with Crippen molar-refractivity contribution in [3.63, 3.8) is 0 Å². The second kappa shape index (κ2) is 6.79. The maximum absolute atomic E-state index is 11.4. The first-order chi connectivity index (χ1) is 9.33. The van der Waals surface area contributed by atoms with Crippen LogP contribution in [0.3, 0.4) is 0 Å². The Balaban J connectivity index is 3.18. The molecule has 0 saturated heterocycles. The Labute approximate surface area is 123 Å². The third kappa shape index (κ3) is 3.54. The molecule has 4 nitrogen and oxygen atoms in total. The van der Waals surface area contributed by atoms with Crippen molar-refractivity contribution >= 4 is 23.7 Å². The van der Waals surface area contributed by atoms with Crippen LogP contribution in [0.2, 0.25) is 0 Å². The van der Waals surface area contributed by atoms with Crippen molar-refractivity contribution in [1.29, 1.82) is 0 Å². The molecule has 2 N–H and O–H groups in total. The van der Waals surface area contributed by atoms with Gasteiger partial charge in [0.25, 0.3) is 0 Å². The molecule has 1 rings (SSSR count). The van der Waals surface area contributed by atoms with Crippen molar-refractivity contribution in [1.82, 2.24) is 0 Å². The van der Waals surface area contributed by atoms with Crippen LogP contribution in [0.5, 0.6) is 0 Å². The first-order valence-corrected chi connectivity index (χ1v) is 7.38. The zero-order chi connectivity index (χ0) is 15.3. The second-order valence-electron chi connectivity index (χ2n) is 5.10. The number of carboxylic acid groups (broad SMARTS) is 2. The number of thioether (sulfide) groups is 1. The molecule has 0 aliphatic rings. The van der Waals surface area contributed by atoms with Crippen LogP contribution in [0.15, 0.2) is 29.2 Å². The number of carbonyl (C=O) groups is 2. The van der Waals surface area contributed by atoms with Crippen LogP contribution in [0.1, 0.15) is 32.8 Å². The maximum atomic E-state index is 11.4. The molecular weight excluding hydrogens is 276 g/mol. The third-order valence-electron chi connectivity index (χ3n) is 3.07. The summed E-state index contributed by atoms with van der Waals surface area (Å²) < 4.78 is -1.83. The van der Waals surface area contributed by atoms with Crippen molar-refractivity contribution in [2.24, 2.45) is 5.92 Å². The van der Waals surface area contributed by atoms with Gasteiger partial charge in [0, 0.05) is 4.90 Å². The van der Waals surface area contributed by atoms with E-state index in [-0.39, 0.29) is 6.42 Å². The molecule has 1 aromatic carbocycles. The highest BCUT2D eigenvalue weighted by Crippen LogP contribution is 2.38. The van der Waals surface area contributed by atoms with Gasteiger partial charge in [-0.15, -0.1) is 0 Å². The smallest absolute Gasteiger partial charge is 0.331 e. The van der Waals surface area contributed by atoms with Gasteiger partial charge in [-0.05, 0) is 30.4 Å². The van der Waals surface area contributed by atoms with Gasteiger partial charge in [0.05, 0.1) is 0 Å². The molecule has 0 bridgehead atoms. The van der Waals surface area contributed by atoms with E-state index in [0.717, 1.165) is 28.6 Å². The fourth-order valence-electron chi connectivity index (χ4n) is 1.95. The number of rotatable bonds is 7. The molecule has 5 heteroatoms. The van der Waals surface area contributed by atoms with Gasteiger partial charge in [-0.2, -0.15) is 0 Å². The molecule has 20 heavy (non-hydrogen) atoms. The third-order valence-corrected chi connectivity index (χ3v) is 4.68. The summed E-state index contributed by atoms with van der Waals surface area (Å²) >= 11 is 0.922. The van der Waals surface area contributed by atoms with Gasteiger partial charge < -0.3 is 10.2 Å². The Morgan fingerprint density at radius 1 is 1.20 bits per heavy atom. The van der Waals surface area contributed by atoms with Gasteiger partial charge >= 0.3 is 11.9 Å². The lowest BCUT2D eigenvalue weighted by Crippen LogP contribution is -2.42. The maximum Gasteiger partial charge on any atom is 0.331 e. The summed E-state index contributed by atoms with van der Waals surface area (Å²) in [7, 11) is 0. The van der Waals surface area contributed by atoms with Crippen molar-refractivity contribution in [3.05, 3.63) is 29.8 Å².